The van der Waals surface area contributed by atoms with Gasteiger partial charge in [0.2, 0.25) is 5.91 Å². The van der Waals surface area contributed by atoms with Gasteiger partial charge in [-0.05, 0) is 37.1 Å². The minimum atomic E-state index is -3.74. The van der Waals surface area contributed by atoms with Crippen molar-refractivity contribution in [2.45, 2.75) is 31.2 Å². The Morgan fingerprint density at radius 1 is 1.20 bits per heavy atom. The molecule has 1 atom stereocenters. The number of carbonyl (C=O) groups excluding carboxylic acids is 2. The van der Waals surface area contributed by atoms with Gasteiger partial charge in [-0.3, -0.25) is 9.59 Å². The maximum atomic E-state index is 12.4. The van der Waals surface area contributed by atoms with Gasteiger partial charge in [-0.2, -0.15) is 0 Å². The summed E-state index contributed by atoms with van der Waals surface area (Å²) in [6.07, 6.45) is 0. The van der Waals surface area contributed by atoms with Gasteiger partial charge in [-0.1, -0.05) is 13.8 Å². The van der Waals surface area contributed by atoms with Crippen molar-refractivity contribution in [1.82, 2.24) is 10.2 Å². The van der Waals surface area contributed by atoms with Gasteiger partial charge in [0.25, 0.3) is 5.91 Å². The van der Waals surface area contributed by atoms with Crippen LogP contribution < -0.4 is 11.1 Å². The van der Waals surface area contributed by atoms with Crippen LogP contribution in [0, 0.1) is 5.92 Å². The zero-order valence-electron chi connectivity index (χ0n) is 15.4. The van der Waals surface area contributed by atoms with Crippen LogP contribution in [0.25, 0.3) is 0 Å². The van der Waals surface area contributed by atoms with E-state index in [2.05, 4.69) is 5.32 Å². The Labute approximate surface area is 149 Å². The predicted molar refractivity (Wildman–Crippen MR) is 97.0 cm³/mol. The molecule has 0 aliphatic rings. The van der Waals surface area contributed by atoms with Crippen molar-refractivity contribution in [3.05, 3.63) is 29.8 Å². The van der Waals surface area contributed by atoms with Crippen molar-refractivity contribution in [2.24, 2.45) is 11.7 Å². The highest BCUT2D eigenvalue weighted by molar-refractivity contribution is 7.92. The minimum absolute atomic E-state index is 0.00435. The molecule has 1 aromatic rings. The molecule has 0 fully saturated rings. The van der Waals surface area contributed by atoms with Gasteiger partial charge in [-0.25, -0.2) is 8.42 Å². The summed E-state index contributed by atoms with van der Waals surface area (Å²) in [5.41, 5.74) is 5.53. The van der Waals surface area contributed by atoms with Gasteiger partial charge in [0.15, 0.2) is 9.84 Å². The fourth-order valence-corrected chi connectivity index (χ4v) is 3.25. The van der Waals surface area contributed by atoms with Crippen LogP contribution in [0.3, 0.4) is 0 Å². The Hall–Kier alpha value is -1.93. The average Bonchev–Trinajstić information content (AvgIpc) is 2.54. The SMILES string of the molecule is CC(C)C(C)(CN)NC(=O)c1ccc(S(=O)(=O)CC(=O)N(C)C)cc1. The van der Waals surface area contributed by atoms with E-state index in [4.69, 9.17) is 5.73 Å². The number of benzene rings is 1. The Balaban J connectivity index is 2.96. The highest BCUT2D eigenvalue weighted by Crippen LogP contribution is 2.17. The predicted octanol–water partition coefficient (Wildman–Crippen LogP) is 0.652. The summed E-state index contributed by atoms with van der Waals surface area (Å²) in [7, 11) is -0.754. The monoisotopic (exact) mass is 369 g/mol. The Morgan fingerprint density at radius 3 is 2.12 bits per heavy atom. The second kappa shape index (κ2) is 7.97. The number of nitrogens with zero attached hydrogens (tertiary/aromatic N) is 1. The van der Waals surface area contributed by atoms with Crippen molar-refractivity contribution in [3.63, 3.8) is 0 Å². The smallest absolute Gasteiger partial charge is 0.251 e. The van der Waals surface area contributed by atoms with E-state index in [-0.39, 0.29) is 23.3 Å². The molecule has 8 heteroatoms. The molecule has 1 rings (SSSR count). The molecule has 0 saturated heterocycles. The number of nitrogens with one attached hydrogen (secondary N) is 1. The molecule has 7 nitrogen and oxygen atoms in total. The largest absolute Gasteiger partial charge is 0.348 e. The molecule has 0 bridgehead atoms. The topological polar surface area (TPSA) is 110 Å². The molecule has 0 aliphatic heterocycles. The maximum Gasteiger partial charge on any atom is 0.251 e. The zero-order chi connectivity index (χ0) is 19.4. The number of amides is 2. The van der Waals surface area contributed by atoms with E-state index >= 15 is 0 Å². The highest BCUT2D eigenvalue weighted by Gasteiger charge is 2.29. The molecular weight excluding hydrogens is 342 g/mol. The summed E-state index contributed by atoms with van der Waals surface area (Å²) in [5, 5.41) is 2.89. The maximum absolute atomic E-state index is 12.4. The van der Waals surface area contributed by atoms with E-state index in [1.165, 1.54) is 43.3 Å². The lowest BCUT2D eigenvalue weighted by atomic mass is 9.88. The van der Waals surface area contributed by atoms with Gasteiger partial charge in [0.1, 0.15) is 5.75 Å². The molecule has 0 heterocycles. The second-order valence-electron chi connectivity index (χ2n) is 6.80. The van der Waals surface area contributed by atoms with E-state index in [0.717, 1.165) is 0 Å². The summed E-state index contributed by atoms with van der Waals surface area (Å²) < 4.78 is 24.5. The fraction of sp³-hybridized carbons (Fsp3) is 0.529. The Morgan fingerprint density at radius 2 is 1.72 bits per heavy atom. The van der Waals surface area contributed by atoms with Crippen molar-refractivity contribution >= 4 is 21.7 Å². The number of hydrogen-bond donors (Lipinski definition) is 2. The average molecular weight is 369 g/mol. The van der Waals surface area contributed by atoms with Crippen LogP contribution in [0.2, 0.25) is 0 Å². The summed E-state index contributed by atoms with van der Waals surface area (Å²) in [5.74, 6) is -1.30. The van der Waals surface area contributed by atoms with Crippen LogP contribution in [-0.4, -0.2) is 57.1 Å². The van der Waals surface area contributed by atoms with Crippen LogP contribution >= 0.6 is 0 Å². The van der Waals surface area contributed by atoms with E-state index in [1.807, 2.05) is 20.8 Å². The summed E-state index contributed by atoms with van der Waals surface area (Å²) in [6, 6.07) is 5.53. The normalized spacial score (nSPS) is 14.0. The van der Waals surface area contributed by atoms with E-state index < -0.39 is 27.0 Å². The van der Waals surface area contributed by atoms with Crippen LogP contribution in [0.4, 0.5) is 0 Å². The van der Waals surface area contributed by atoms with Crippen molar-refractivity contribution in [1.29, 1.82) is 0 Å². The Bertz CT molecular complexity index is 727. The number of rotatable bonds is 7. The molecule has 0 aliphatic carbocycles. The first-order chi connectivity index (χ1) is 11.4. The third-order valence-corrected chi connectivity index (χ3v) is 6.00. The first kappa shape index (κ1) is 21.1. The van der Waals surface area contributed by atoms with Crippen LogP contribution in [-0.2, 0) is 14.6 Å². The number of carbonyl (C=O) groups is 2. The minimum Gasteiger partial charge on any atom is -0.348 e. The molecule has 0 spiro atoms. The lowest BCUT2D eigenvalue weighted by Crippen LogP contribution is -2.55. The zero-order valence-corrected chi connectivity index (χ0v) is 16.2. The van der Waals surface area contributed by atoms with Gasteiger partial charge in [0, 0.05) is 26.2 Å². The van der Waals surface area contributed by atoms with E-state index in [1.54, 1.807) is 0 Å². The molecule has 0 aromatic heterocycles. The molecule has 3 N–H and O–H groups in total. The van der Waals surface area contributed by atoms with E-state index in [9.17, 15) is 18.0 Å². The van der Waals surface area contributed by atoms with Crippen molar-refractivity contribution < 1.29 is 18.0 Å². The lowest BCUT2D eigenvalue weighted by molar-refractivity contribution is -0.125. The fourth-order valence-electron chi connectivity index (χ4n) is 1.95. The second-order valence-corrected chi connectivity index (χ2v) is 8.79. The van der Waals surface area contributed by atoms with Gasteiger partial charge in [0.05, 0.1) is 10.4 Å². The van der Waals surface area contributed by atoms with Gasteiger partial charge < -0.3 is 16.0 Å². The molecule has 1 unspecified atom stereocenters. The number of hydrogen-bond acceptors (Lipinski definition) is 5. The molecule has 1 aromatic carbocycles. The molecule has 25 heavy (non-hydrogen) atoms. The summed E-state index contributed by atoms with van der Waals surface area (Å²) in [4.78, 5) is 25.2. The third-order valence-electron chi connectivity index (χ3n) is 4.39. The molecule has 0 saturated carbocycles. The quantitative estimate of drug-likeness (QED) is 0.733. The number of nitrogens with two attached hydrogens (primary N) is 1. The number of sulfone groups is 1. The molecule has 2 amide bonds. The van der Waals surface area contributed by atoms with Crippen molar-refractivity contribution in [3.8, 4) is 0 Å². The Kier molecular flexibility index (Phi) is 6.73. The van der Waals surface area contributed by atoms with Gasteiger partial charge >= 0.3 is 0 Å². The first-order valence-electron chi connectivity index (χ1n) is 7.98. The molecular formula is C17H27N3O4S. The van der Waals surface area contributed by atoms with Crippen LogP contribution in [0.5, 0.6) is 0 Å². The summed E-state index contributed by atoms with van der Waals surface area (Å²) >= 11 is 0. The van der Waals surface area contributed by atoms with Crippen LogP contribution in [0.15, 0.2) is 29.2 Å². The van der Waals surface area contributed by atoms with Crippen LogP contribution in [0.1, 0.15) is 31.1 Å². The van der Waals surface area contributed by atoms with Crippen molar-refractivity contribution in [2.75, 3.05) is 26.4 Å². The van der Waals surface area contributed by atoms with E-state index in [0.29, 0.717) is 5.56 Å². The summed E-state index contributed by atoms with van der Waals surface area (Å²) in [6.45, 7) is 6.08. The molecule has 0 radical (unpaired) electrons. The lowest BCUT2D eigenvalue weighted by Gasteiger charge is -2.33. The first-order valence-corrected chi connectivity index (χ1v) is 9.63. The van der Waals surface area contributed by atoms with Gasteiger partial charge in [-0.15, -0.1) is 0 Å². The highest BCUT2D eigenvalue weighted by atomic mass is 32.2. The standard InChI is InChI=1S/C17H27N3O4S/c1-12(2)17(3,11-18)19-16(22)13-6-8-14(9-7-13)25(23,24)10-15(21)20(4)5/h6-9,12H,10-11,18H2,1-5H3,(H,19,22). The molecule has 140 valence electrons. The third kappa shape index (κ3) is 5.27.